The van der Waals surface area contributed by atoms with Gasteiger partial charge < -0.3 is 19.5 Å². The second-order valence-electron chi connectivity index (χ2n) is 5.04. The molecule has 1 aromatic rings. The first-order valence-electron chi connectivity index (χ1n) is 6.41. The summed E-state index contributed by atoms with van der Waals surface area (Å²) in [5.41, 5.74) is 1.11. The molecular formula is C14H20BrNO3. The van der Waals surface area contributed by atoms with Crippen molar-refractivity contribution in [2.24, 2.45) is 5.92 Å². The summed E-state index contributed by atoms with van der Waals surface area (Å²) in [7, 11) is 3.66. The van der Waals surface area contributed by atoms with Crippen molar-refractivity contribution >= 4 is 15.9 Å². The summed E-state index contributed by atoms with van der Waals surface area (Å²) < 4.78 is 11.4. The van der Waals surface area contributed by atoms with Crippen molar-refractivity contribution in [2.75, 3.05) is 33.9 Å². The number of benzene rings is 1. The van der Waals surface area contributed by atoms with Crippen LogP contribution in [0, 0.1) is 5.92 Å². The molecule has 2 rings (SSSR count). The van der Waals surface area contributed by atoms with Gasteiger partial charge in [0, 0.05) is 24.2 Å². The predicted octanol–water partition coefficient (Wildman–Crippen LogP) is 2.63. The molecule has 1 fully saturated rings. The third kappa shape index (κ3) is 3.84. The van der Waals surface area contributed by atoms with E-state index in [1.807, 2.05) is 6.07 Å². The molecule has 1 N–H and O–H groups in total. The number of hydrogen-bond acceptors (Lipinski definition) is 4. The number of aromatic hydroxyl groups is 1. The lowest BCUT2D eigenvalue weighted by Crippen LogP contribution is -2.25. The summed E-state index contributed by atoms with van der Waals surface area (Å²) in [5.74, 6) is 1.29. The van der Waals surface area contributed by atoms with Crippen LogP contribution in [0.1, 0.15) is 12.0 Å². The van der Waals surface area contributed by atoms with Crippen molar-refractivity contribution in [1.29, 1.82) is 0 Å². The molecule has 0 amide bonds. The van der Waals surface area contributed by atoms with Crippen LogP contribution < -0.4 is 4.74 Å². The van der Waals surface area contributed by atoms with Gasteiger partial charge in [-0.2, -0.15) is 0 Å². The average Bonchev–Trinajstić information content (AvgIpc) is 2.85. The fraction of sp³-hybridized carbons (Fsp3) is 0.571. The van der Waals surface area contributed by atoms with Gasteiger partial charge in [0.2, 0.25) is 0 Å². The number of phenolic OH excluding ortho intramolecular Hbond substituents is 1. The number of ether oxygens (including phenoxy) is 2. The third-order valence-electron chi connectivity index (χ3n) is 3.38. The molecule has 1 saturated heterocycles. The van der Waals surface area contributed by atoms with Crippen LogP contribution in [0.25, 0.3) is 0 Å². The summed E-state index contributed by atoms with van der Waals surface area (Å²) in [6.07, 6.45) is 1.14. The van der Waals surface area contributed by atoms with E-state index in [2.05, 4.69) is 27.9 Å². The van der Waals surface area contributed by atoms with Crippen molar-refractivity contribution in [3.63, 3.8) is 0 Å². The van der Waals surface area contributed by atoms with Gasteiger partial charge in [-0.05, 0) is 37.1 Å². The number of methoxy groups -OCH3 is 1. The molecule has 1 aromatic carbocycles. The molecule has 0 spiro atoms. The monoisotopic (exact) mass is 329 g/mol. The first-order valence-corrected chi connectivity index (χ1v) is 7.21. The van der Waals surface area contributed by atoms with Gasteiger partial charge in [0.25, 0.3) is 0 Å². The summed E-state index contributed by atoms with van der Waals surface area (Å²) >= 11 is 3.48. The number of phenols is 1. The summed E-state index contributed by atoms with van der Waals surface area (Å²) in [6.45, 7) is 3.59. The second kappa shape index (κ2) is 6.59. The van der Waals surface area contributed by atoms with Gasteiger partial charge >= 0.3 is 0 Å². The maximum atomic E-state index is 9.69. The SMILES string of the molecule is COc1cc(CN(C)CC2CCOC2)c(Br)cc1O. The molecule has 106 valence electrons. The Hall–Kier alpha value is -0.780. The van der Waals surface area contributed by atoms with Crippen LogP contribution in [-0.4, -0.2) is 43.9 Å². The minimum atomic E-state index is 0.157. The normalized spacial score (nSPS) is 19.1. The average molecular weight is 330 g/mol. The van der Waals surface area contributed by atoms with E-state index in [0.717, 1.165) is 42.8 Å². The van der Waals surface area contributed by atoms with Gasteiger partial charge in [0.1, 0.15) is 0 Å². The van der Waals surface area contributed by atoms with E-state index < -0.39 is 0 Å². The van der Waals surface area contributed by atoms with Crippen LogP contribution in [0.5, 0.6) is 11.5 Å². The number of hydrogen-bond donors (Lipinski definition) is 1. The largest absolute Gasteiger partial charge is 0.504 e. The lowest BCUT2D eigenvalue weighted by molar-refractivity contribution is 0.172. The maximum Gasteiger partial charge on any atom is 0.160 e. The minimum Gasteiger partial charge on any atom is -0.504 e. The molecule has 1 heterocycles. The van der Waals surface area contributed by atoms with Crippen molar-refractivity contribution < 1.29 is 14.6 Å². The Balaban J connectivity index is 2.01. The van der Waals surface area contributed by atoms with E-state index in [1.165, 1.54) is 0 Å². The van der Waals surface area contributed by atoms with Crippen molar-refractivity contribution in [1.82, 2.24) is 4.90 Å². The van der Waals surface area contributed by atoms with Crippen LogP contribution in [-0.2, 0) is 11.3 Å². The number of nitrogens with zero attached hydrogens (tertiary/aromatic N) is 1. The first kappa shape index (κ1) is 14.6. The minimum absolute atomic E-state index is 0.157. The molecule has 1 aliphatic heterocycles. The standard InChI is InChI=1S/C14H20BrNO3/c1-16(7-10-3-4-19-9-10)8-11-5-14(18-2)13(17)6-12(11)15/h5-6,10,17H,3-4,7-9H2,1-2H3. The molecule has 19 heavy (non-hydrogen) atoms. The van der Waals surface area contributed by atoms with Crippen LogP contribution in [0.4, 0.5) is 0 Å². The van der Waals surface area contributed by atoms with E-state index in [4.69, 9.17) is 9.47 Å². The first-order chi connectivity index (χ1) is 9.10. The summed E-state index contributed by atoms with van der Waals surface area (Å²) in [5, 5.41) is 9.69. The molecule has 0 aliphatic carbocycles. The topological polar surface area (TPSA) is 41.9 Å². The fourth-order valence-electron chi connectivity index (χ4n) is 2.39. The van der Waals surface area contributed by atoms with E-state index in [0.29, 0.717) is 11.7 Å². The van der Waals surface area contributed by atoms with E-state index in [9.17, 15) is 5.11 Å². The molecule has 5 heteroatoms. The highest BCUT2D eigenvalue weighted by atomic mass is 79.9. The zero-order chi connectivity index (χ0) is 13.8. The van der Waals surface area contributed by atoms with Crippen LogP contribution in [0.2, 0.25) is 0 Å². The Morgan fingerprint density at radius 2 is 2.32 bits per heavy atom. The third-order valence-corrected chi connectivity index (χ3v) is 4.12. The molecule has 0 aromatic heterocycles. The van der Waals surface area contributed by atoms with E-state index in [1.54, 1.807) is 13.2 Å². The van der Waals surface area contributed by atoms with Gasteiger partial charge in [-0.15, -0.1) is 0 Å². The van der Waals surface area contributed by atoms with E-state index in [-0.39, 0.29) is 5.75 Å². The number of rotatable bonds is 5. The fourth-order valence-corrected chi connectivity index (χ4v) is 2.85. The van der Waals surface area contributed by atoms with Crippen LogP contribution in [0.15, 0.2) is 16.6 Å². The highest BCUT2D eigenvalue weighted by molar-refractivity contribution is 9.10. The Morgan fingerprint density at radius 1 is 1.53 bits per heavy atom. The highest BCUT2D eigenvalue weighted by Gasteiger charge is 2.18. The van der Waals surface area contributed by atoms with Crippen molar-refractivity contribution in [3.8, 4) is 11.5 Å². The zero-order valence-electron chi connectivity index (χ0n) is 11.4. The second-order valence-corrected chi connectivity index (χ2v) is 5.90. The molecule has 1 unspecified atom stereocenters. The van der Waals surface area contributed by atoms with Crippen molar-refractivity contribution in [3.05, 3.63) is 22.2 Å². The Bertz CT molecular complexity index is 433. The molecular weight excluding hydrogens is 310 g/mol. The van der Waals surface area contributed by atoms with E-state index >= 15 is 0 Å². The van der Waals surface area contributed by atoms with Gasteiger partial charge in [-0.3, -0.25) is 0 Å². The van der Waals surface area contributed by atoms with Crippen molar-refractivity contribution in [2.45, 2.75) is 13.0 Å². The Morgan fingerprint density at radius 3 is 2.95 bits per heavy atom. The van der Waals surface area contributed by atoms with Gasteiger partial charge in [-0.25, -0.2) is 0 Å². The predicted molar refractivity (Wildman–Crippen MR) is 77.6 cm³/mol. The quantitative estimate of drug-likeness (QED) is 0.901. The maximum absolute atomic E-state index is 9.69. The molecule has 0 radical (unpaired) electrons. The molecule has 0 bridgehead atoms. The summed E-state index contributed by atoms with van der Waals surface area (Å²) in [6, 6.07) is 3.56. The Labute approximate surface area is 122 Å². The molecule has 4 nitrogen and oxygen atoms in total. The molecule has 1 atom stereocenters. The zero-order valence-corrected chi connectivity index (χ0v) is 12.9. The van der Waals surface area contributed by atoms with Gasteiger partial charge in [0.05, 0.1) is 13.7 Å². The van der Waals surface area contributed by atoms with Gasteiger partial charge in [-0.1, -0.05) is 15.9 Å². The van der Waals surface area contributed by atoms with Crippen LogP contribution in [0.3, 0.4) is 0 Å². The van der Waals surface area contributed by atoms with Crippen LogP contribution >= 0.6 is 15.9 Å². The smallest absolute Gasteiger partial charge is 0.160 e. The lowest BCUT2D eigenvalue weighted by atomic mass is 10.1. The Kier molecular flexibility index (Phi) is 5.07. The highest BCUT2D eigenvalue weighted by Crippen LogP contribution is 2.33. The number of halogens is 1. The summed E-state index contributed by atoms with van der Waals surface area (Å²) in [4.78, 5) is 2.27. The lowest BCUT2D eigenvalue weighted by Gasteiger charge is -2.21. The molecule has 1 aliphatic rings. The molecule has 0 saturated carbocycles. The van der Waals surface area contributed by atoms with Gasteiger partial charge in [0.15, 0.2) is 11.5 Å².